The first-order valence-corrected chi connectivity index (χ1v) is 16.2. The number of anilines is 1. The molecule has 4 amide bonds. The molecule has 0 aromatic heterocycles. The van der Waals surface area contributed by atoms with E-state index in [0.717, 1.165) is 22.4 Å². The van der Waals surface area contributed by atoms with E-state index in [-0.39, 0.29) is 17.9 Å². The number of hydrogen-bond acceptors (Lipinski definition) is 8. The van der Waals surface area contributed by atoms with E-state index in [0.29, 0.717) is 58.6 Å². The van der Waals surface area contributed by atoms with Crippen LogP contribution in [0.15, 0.2) is 95.0 Å². The molecule has 48 heavy (non-hydrogen) atoms. The Hall–Kier alpha value is -5.29. The highest BCUT2D eigenvalue weighted by Gasteiger charge is 2.37. The average molecular weight is 716 g/mol. The predicted molar refractivity (Wildman–Crippen MR) is 185 cm³/mol. The van der Waals surface area contributed by atoms with Crippen molar-refractivity contribution >= 4 is 45.5 Å². The molecule has 1 N–H and O–H groups in total. The molecule has 10 nitrogen and oxygen atoms in total. The van der Waals surface area contributed by atoms with Crippen LogP contribution in [0, 0.1) is 0 Å². The average Bonchev–Trinajstić information content (AvgIpc) is 3.09. The maximum Gasteiger partial charge on any atom is 0.335 e. The van der Waals surface area contributed by atoms with Crippen LogP contribution in [0.4, 0.5) is 10.5 Å². The van der Waals surface area contributed by atoms with Crippen molar-refractivity contribution < 1.29 is 38.1 Å². The molecule has 4 aromatic carbocycles. The fraction of sp³-hybridized carbons (Fsp3) is 0.216. The number of rotatable bonds is 14. The number of urea groups is 1. The number of carbonyl (C=O) groups is 3. The van der Waals surface area contributed by atoms with Crippen LogP contribution < -0.4 is 33.9 Å². The quantitative estimate of drug-likeness (QED) is 0.106. The highest BCUT2D eigenvalue weighted by atomic mass is 79.9. The molecule has 11 heteroatoms. The van der Waals surface area contributed by atoms with Gasteiger partial charge in [0.25, 0.3) is 11.8 Å². The summed E-state index contributed by atoms with van der Waals surface area (Å²) in [6.07, 6.45) is 2.20. The number of ether oxygens (including phenoxy) is 5. The molecule has 1 aliphatic rings. The van der Waals surface area contributed by atoms with E-state index in [1.165, 1.54) is 6.08 Å². The third-order valence-electron chi connectivity index (χ3n) is 7.18. The number of methoxy groups -OCH3 is 1. The van der Waals surface area contributed by atoms with Crippen LogP contribution in [0.3, 0.4) is 0 Å². The Morgan fingerprint density at radius 1 is 0.729 bits per heavy atom. The van der Waals surface area contributed by atoms with Gasteiger partial charge >= 0.3 is 6.03 Å². The summed E-state index contributed by atoms with van der Waals surface area (Å²) in [6.45, 7) is 5.18. The molecule has 0 saturated carbocycles. The minimum absolute atomic E-state index is 0.157. The summed E-state index contributed by atoms with van der Waals surface area (Å²) in [4.78, 5) is 40.5. The van der Waals surface area contributed by atoms with Crippen LogP contribution in [0.2, 0.25) is 0 Å². The standard InChI is InChI=1S/C37H35BrN2O8/c1-4-17-46-32-16-13-28(21-34(32)45-5-2)40-36(42)29(35(41)39-37(40)43)20-26-19-27(38)12-15-30(26)47-23-25-11-14-31(33(18-25)44-3)48-22-24-9-7-6-8-10-24/h6-16,18-21H,4-5,17,22-23H2,1-3H3,(H,39,41,43)/b29-20+. The van der Waals surface area contributed by atoms with Gasteiger partial charge in [-0.2, -0.15) is 0 Å². The molecule has 248 valence electrons. The van der Waals surface area contributed by atoms with Crippen LogP contribution in [0.1, 0.15) is 37.0 Å². The molecule has 4 aromatic rings. The number of carbonyl (C=O) groups excluding carboxylic acids is 3. The summed E-state index contributed by atoms with van der Waals surface area (Å²) in [6, 6.07) is 24.4. The van der Waals surface area contributed by atoms with Crippen molar-refractivity contribution in [3.8, 4) is 28.7 Å². The first kappa shape index (κ1) is 34.1. The lowest BCUT2D eigenvalue weighted by Crippen LogP contribution is -2.54. The monoisotopic (exact) mass is 714 g/mol. The van der Waals surface area contributed by atoms with E-state index in [1.54, 1.807) is 43.5 Å². The van der Waals surface area contributed by atoms with Gasteiger partial charge in [-0.05, 0) is 73.0 Å². The minimum atomic E-state index is -0.873. The fourth-order valence-electron chi connectivity index (χ4n) is 4.86. The van der Waals surface area contributed by atoms with Gasteiger partial charge < -0.3 is 23.7 Å². The van der Waals surface area contributed by atoms with E-state index in [2.05, 4.69) is 21.2 Å². The van der Waals surface area contributed by atoms with Gasteiger partial charge in [0.15, 0.2) is 23.0 Å². The normalized spacial score (nSPS) is 13.7. The highest BCUT2D eigenvalue weighted by Crippen LogP contribution is 2.35. The summed E-state index contributed by atoms with van der Waals surface area (Å²) in [5.74, 6) is 0.803. The number of barbiturate groups is 1. The summed E-state index contributed by atoms with van der Waals surface area (Å²) in [7, 11) is 1.57. The largest absolute Gasteiger partial charge is 0.493 e. The molecule has 0 unspecified atom stereocenters. The Labute approximate surface area is 287 Å². The number of hydrogen-bond donors (Lipinski definition) is 1. The molecule has 1 heterocycles. The molecule has 1 saturated heterocycles. The first-order valence-electron chi connectivity index (χ1n) is 15.4. The SMILES string of the molecule is CCCOc1ccc(N2C(=O)NC(=O)/C(=C\c3cc(Br)ccc3OCc3ccc(OCc4ccccc4)c(OC)c3)C2=O)cc1OCC. The Bertz CT molecular complexity index is 1830. The van der Waals surface area contributed by atoms with Gasteiger partial charge in [0.05, 0.1) is 26.0 Å². The Morgan fingerprint density at radius 3 is 2.19 bits per heavy atom. The molecule has 0 aliphatic carbocycles. The molecular formula is C37H35BrN2O8. The molecular weight excluding hydrogens is 680 g/mol. The van der Waals surface area contributed by atoms with Gasteiger partial charge in [0.2, 0.25) is 0 Å². The third kappa shape index (κ3) is 8.16. The number of benzene rings is 4. The van der Waals surface area contributed by atoms with Crippen molar-refractivity contribution in [3.05, 3.63) is 112 Å². The molecule has 0 spiro atoms. The lowest BCUT2D eigenvalue weighted by Gasteiger charge is -2.27. The van der Waals surface area contributed by atoms with E-state index in [4.69, 9.17) is 23.7 Å². The summed E-state index contributed by atoms with van der Waals surface area (Å²) in [5, 5.41) is 2.27. The summed E-state index contributed by atoms with van der Waals surface area (Å²) in [5.41, 5.74) is 2.26. The molecule has 0 atom stereocenters. The second-order valence-electron chi connectivity index (χ2n) is 10.6. The lowest BCUT2D eigenvalue weighted by molar-refractivity contribution is -0.122. The third-order valence-corrected chi connectivity index (χ3v) is 7.67. The zero-order chi connectivity index (χ0) is 34.0. The van der Waals surface area contributed by atoms with E-state index < -0.39 is 17.8 Å². The van der Waals surface area contributed by atoms with Crippen molar-refractivity contribution in [2.45, 2.75) is 33.5 Å². The summed E-state index contributed by atoms with van der Waals surface area (Å²) >= 11 is 3.46. The van der Waals surface area contributed by atoms with Crippen molar-refractivity contribution in [1.29, 1.82) is 0 Å². The Kier molecular flexibility index (Phi) is 11.4. The molecule has 0 radical (unpaired) electrons. The van der Waals surface area contributed by atoms with Crippen molar-refractivity contribution in [3.63, 3.8) is 0 Å². The van der Waals surface area contributed by atoms with Crippen molar-refractivity contribution in [2.24, 2.45) is 0 Å². The molecule has 5 rings (SSSR count). The highest BCUT2D eigenvalue weighted by molar-refractivity contribution is 9.10. The van der Waals surface area contributed by atoms with Crippen molar-refractivity contribution in [2.75, 3.05) is 25.2 Å². The van der Waals surface area contributed by atoms with E-state index in [1.807, 2.05) is 62.4 Å². The second kappa shape index (κ2) is 16.0. The zero-order valence-electron chi connectivity index (χ0n) is 26.8. The number of halogens is 1. The van der Waals surface area contributed by atoms with Crippen molar-refractivity contribution in [1.82, 2.24) is 5.32 Å². The van der Waals surface area contributed by atoms with Crippen LogP contribution in [-0.2, 0) is 22.8 Å². The zero-order valence-corrected chi connectivity index (χ0v) is 28.4. The van der Waals surface area contributed by atoms with E-state index >= 15 is 0 Å². The van der Waals surface area contributed by atoms with Gasteiger partial charge in [0.1, 0.15) is 24.5 Å². The van der Waals surface area contributed by atoms with Crippen LogP contribution in [0.5, 0.6) is 28.7 Å². The molecule has 1 fully saturated rings. The fourth-order valence-corrected chi connectivity index (χ4v) is 5.24. The first-order chi connectivity index (χ1) is 23.3. The van der Waals surface area contributed by atoms with E-state index in [9.17, 15) is 14.4 Å². The molecule has 0 bridgehead atoms. The van der Waals surface area contributed by atoms with Gasteiger partial charge in [-0.15, -0.1) is 0 Å². The predicted octanol–water partition coefficient (Wildman–Crippen LogP) is 7.47. The van der Waals surface area contributed by atoms with Gasteiger partial charge in [-0.25, -0.2) is 9.69 Å². The Morgan fingerprint density at radius 2 is 1.44 bits per heavy atom. The van der Waals surface area contributed by atoms with Crippen LogP contribution in [0.25, 0.3) is 6.08 Å². The summed E-state index contributed by atoms with van der Waals surface area (Å²) < 4.78 is 29.9. The van der Waals surface area contributed by atoms with Crippen LogP contribution >= 0.6 is 15.9 Å². The van der Waals surface area contributed by atoms with Gasteiger partial charge in [-0.1, -0.05) is 59.3 Å². The maximum absolute atomic E-state index is 13.7. The molecule has 1 aliphatic heterocycles. The second-order valence-corrected chi connectivity index (χ2v) is 11.5. The number of nitrogens with zero attached hydrogens (tertiary/aromatic N) is 1. The smallest absolute Gasteiger partial charge is 0.335 e. The van der Waals surface area contributed by atoms with Crippen LogP contribution in [-0.4, -0.2) is 38.2 Å². The minimum Gasteiger partial charge on any atom is -0.493 e. The number of amides is 4. The lowest BCUT2D eigenvalue weighted by atomic mass is 10.1. The Balaban J connectivity index is 1.37. The number of imide groups is 2. The number of nitrogens with one attached hydrogen (secondary N) is 1. The topological polar surface area (TPSA) is 113 Å². The maximum atomic E-state index is 13.7. The van der Waals surface area contributed by atoms with Gasteiger partial charge in [-0.3, -0.25) is 14.9 Å². The van der Waals surface area contributed by atoms with Gasteiger partial charge in [0, 0.05) is 16.1 Å².